The maximum atomic E-state index is 12.5. The van der Waals surface area contributed by atoms with Gasteiger partial charge in [0.05, 0.1) is 12.0 Å². The Morgan fingerprint density at radius 3 is 2.46 bits per heavy atom. The van der Waals surface area contributed by atoms with Crippen molar-refractivity contribution in [1.82, 2.24) is 0 Å². The molecule has 28 heavy (non-hydrogen) atoms. The van der Waals surface area contributed by atoms with Gasteiger partial charge in [0.2, 0.25) is 0 Å². The van der Waals surface area contributed by atoms with E-state index in [1.807, 2.05) is 30.3 Å². The first-order chi connectivity index (χ1) is 13.1. The number of esters is 2. The van der Waals surface area contributed by atoms with E-state index in [2.05, 4.69) is 0 Å². The van der Waals surface area contributed by atoms with E-state index in [1.165, 1.54) is 0 Å². The molecule has 3 rings (SSSR count). The van der Waals surface area contributed by atoms with Crippen LogP contribution in [0, 0.1) is 5.41 Å². The van der Waals surface area contributed by atoms with Crippen molar-refractivity contribution in [3.05, 3.63) is 47.4 Å². The molecule has 2 atom stereocenters. The summed E-state index contributed by atoms with van der Waals surface area (Å²) in [6.07, 6.45) is -1.41. The molecule has 152 valence electrons. The van der Waals surface area contributed by atoms with Crippen molar-refractivity contribution < 1.29 is 33.3 Å². The highest BCUT2D eigenvalue weighted by Gasteiger charge is 2.49. The van der Waals surface area contributed by atoms with Crippen molar-refractivity contribution in [2.75, 3.05) is 6.61 Å². The first-order valence-electron chi connectivity index (χ1n) is 9.23. The van der Waals surface area contributed by atoms with Crippen molar-refractivity contribution >= 4 is 11.9 Å². The van der Waals surface area contributed by atoms with E-state index in [1.54, 1.807) is 34.6 Å². The van der Waals surface area contributed by atoms with Crippen molar-refractivity contribution in [2.24, 2.45) is 5.41 Å². The molecule has 2 aliphatic heterocycles. The second kappa shape index (κ2) is 7.56. The second-order valence-corrected chi connectivity index (χ2v) is 8.30. The summed E-state index contributed by atoms with van der Waals surface area (Å²) < 4.78 is 28.1. The summed E-state index contributed by atoms with van der Waals surface area (Å²) >= 11 is 0. The lowest BCUT2D eigenvalue weighted by atomic mass is 9.97. The van der Waals surface area contributed by atoms with Crippen LogP contribution in [-0.4, -0.2) is 36.5 Å². The number of cyclic esters (lactones) is 1. The summed E-state index contributed by atoms with van der Waals surface area (Å²) in [6, 6.07) is 9.46. The summed E-state index contributed by atoms with van der Waals surface area (Å²) in [5.74, 6) is -2.18. The van der Waals surface area contributed by atoms with Crippen LogP contribution in [0.15, 0.2) is 41.9 Å². The zero-order chi connectivity index (χ0) is 20.5. The molecule has 1 aromatic rings. The fraction of sp³-hybridized carbons (Fsp3) is 0.524. The molecule has 0 amide bonds. The van der Waals surface area contributed by atoms with Crippen LogP contribution in [0.25, 0.3) is 0 Å². The number of benzene rings is 1. The molecule has 0 N–H and O–H groups in total. The fourth-order valence-electron chi connectivity index (χ4n) is 2.78. The Bertz CT molecular complexity index is 774. The lowest BCUT2D eigenvalue weighted by Gasteiger charge is -2.22. The molecule has 0 spiro atoms. The first-order valence-corrected chi connectivity index (χ1v) is 9.23. The van der Waals surface area contributed by atoms with Gasteiger partial charge >= 0.3 is 11.9 Å². The number of ether oxygens (including phenoxy) is 5. The van der Waals surface area contributed by atoms with Gasteiger partial charge in [-0.3, -0.25) is 4.79 Å². The van der Waals surface area contributed by atoms with E-state index in [0.29, 0.717) is 0 Å². The van der Waals surface area contributed by atoms with Crippen LogP contribution in [0.5, 0.6) is 0 Å². The van der Waals surface area contributed by atoms with Crippen LogP contribution in [0.2, 0.25) is 0 Å². The average Bonchev–Trinajstić information content (AvgIpc) is 3.13. The summed E-state index contributed by atoms with van der Waals surface area (Å²) in [5, 5.41) is 0. The minimum absolute atomic E-state index is 0.151. The number of hydrogen-bond donors (Lipinski definition) is 0. The summed E-state index contributed by atoms with van der Waals surface area (Å²) in [5.41, 5.74) is 0.115. The van der Waals surface area contributed by atoms with E-state index >= 15 is 0 Å². The quantitative estimate of drug-likeness (QED) is 0.715. The van der Waals surface area contributed by atoms with Crippen LogP contribution in [0.3, 0.4) is 0 Å². The lowest BCUT2D eigenvalue weighted by Crippen LogP contribution is -2.33. The molecule has 0 radical (unpaired) electrons. The summed E-state index contributed by atoms with van der Waals surface area (Å²) in [7, 11) is 0. The highest BCUT2D eigenvalue weighted by molar-refractivity contribution is 5.93. The molecule has 0 bridgehead atoms. The number of carbonyl (C=O) groups is 2. The molecule has 0 aliphatic carbocycles. The molecular formula is C21H26O7. The Kier molecular flexibility index (Phi) is 5.50. The molecule has 1 fully saturated rings. The molecule has 0 saturated carbocycles. The van der Waals surface area contributed by atoms with Gasteiger partial charge in [0.15, 0.2) is 17.7 Å². The van der Waals surface area contributed by atoms with Crippen molar-refractivity contribution in [3.8, 4) is 0 Å². The standard InChI is InChI=1S/C21H26O7/c1-20(2,3)19(23)27-17-16(24-11-13-9-7-6-8-10-13)15(26-18(17)22)14-12-25-21(4,5)28-14/h6-10,14-15H,11-12H2,1-5H3/t14-,15+/m0/s1. The van der Waals surface area contributed by atoms with Crippen LogP contribution in [0.4, 0.5) is 0 Å². The lowest BCUT2D eigenvalue weighted by molar-refractivity contribution is -0.165. The van der Waals surface area contributed by atoms with Crippen molar-refractivity contribution in [3.63, 3.8) is 0 Å². The van der Waals surface area contributed by atoms with Crippen LogP contribution in [-0.2, 0) is 39.9 Å². The predicted octanol–water partition coefficient (Wildman–Crippen LogP) is 3.08. The van der Waals surface area contributed by atoms with Gasteiger partial charge in [-0.05, 0) is 40.2 Å². The fourth-order valence-corrected chi connectivity index (χ4v) is 2.78. The van der Waals surface area contributed by atoms with Crippen LogP contribution < -0.4 is 0 Å². The third-order valence-electron chi connectivity index (χ3n) is 4.31. The topological polar surface area (TPSA) is 80.3 Å². The highest BCUT2D eigenvalue weighted by atomic mass is 16.8. The largest absolute Gasteiger partial charge is 0.485 e. The molecule has 1 aromatic carbocycles. The molecule has 0 unspecified atom stereocenters. The van der Waals surface area contributed by atoms with Gasteiger partial charge in [-0.2, -0.15) is 0 Å². The molecule has 2 aliphatic rings. The smallest absolute Gasteiger partial charge is 0.378 e. The Morgan fingerprint density at radius 2 is 1.89 bits per heavy atom. The minimum Gasteiger partial charge on any atom is -0.485 e. The van der Waals surface area contributed by atoms with E-state index in [9.17, 15) is 9.59 Å². The molecule has 1 saturated heterocycles. The van der Waals surface area contributed by atoms with Crippen LogP contribution >= 0.6 is 0 Å². The van der Waals surface area contributed by atoms with E-state index in [0.717, 1.165) is 5.56 Å². The SMILES string of the molecule is CC1(C)OC[C@@H]([C@H]2OC(=O)C(OC(=O)C(C)(C)C)=C2OCc2ccccc2)O1. The first kappa shape index (κ1) is 20.4. The van der Waals surface area contributed by atoms with Gasteiger partial charge in [0.1, 0.15) is 12.7 Å². The zero-order valence-electron chi connectivity index (χ0n) is 16.8. The van der Waals surface area contributed by atoms with Gasteiger partial charge in [0.25, 0.3) is 5.76 Å². The third kappa shape index (κ3) is 4.54. The number of rotatable bonds is 5. The van der Waals surface area contributed by atoms with E-state index in [-0.39, 0.29) is 24.7 Å². The van der Waals surface area contributed by atoms with E-state index in [4.69, 9.17) is 23.7 Å². The van der Waals surface area contributed by atoms with Gasteiger partial charge in [-0.15, -0.1) is 0 Å². The third-order valence-corrected chi connectivity index (χ3v) is 4.31. The van der Waals surface area contributed by atoms with Gasteiger partial charge in [0, 0.05) is 0 Å². The summed E-state index contributed by atoms with van der Waals surface area (Å²) in [4.78, 5) is 24.8. The number of carbonyl (C=O) groups excluding carboxylic acids is 2. The predicted molar refractivity (Wildman–Crippen MR) is 98.6 cm³/mol. The molecule has 0 aromatic heterocycles. The van der Waals surface area contributed by atoms with E-state index < -0.39 is 35.3 Å². The summed E-state index contributed by atoms with van der Waals surface area (Å²) in [6.45, 7) is 9.08. The second-order valence-electron chi connectivity index (χ2n) is 8.30. The van der Waals surface area contributed by atoms with Gasteiger partial charge in [-0.1, -0.05) is 30.3 Å². The highest BCUT2D eigenvalue weighted by Crippen LogP contribution is 2.35. The maximum Gasteiger partial charge on any atom is 0.378 e. The van der Waals surface area contributed by atoms with Crippen LogP contribution in [0.1, 0.15) is 40.2 Å². The average molecular weight is 390 g/mol. The number of hydrogen-bond acceptors (Lipinski definition) is 7. The van der Waals surface area contributed by atoms with Crippen molar-refractivity contribution in [1.29, 1.82) is 0 Å². The normalized spacial score (nSPS) is 24.2. The Labute approximate surface area is 164 Å². The Morgan fingerprint density at radius 1 is 1.21 bits per heavy atom. The van der Waals surface area contributed by atoms with Gasteiger partial charge < -0.3 is 23.7 Å². The molecule has 2 heterocycles. The molecular weight excluding hydrogens is 364 g/mol. The van der Waals surface area contributed by atoms with Crippen molar-refractivity contribution in [2.45, 2.75) is 59.2 Å². The Hall–Kier alpha value is -2.38. The minimum atomic E-state index is -0.847. The van der Waals surface area contributed by atoms with Gasteiger partial charge in [-0.25, -0.2) is 4.79 Å². The monoisotopic (exact) mass is 390 g/mol. The molecule has 7 heteroatoms. The zero-order valence-corrected chi connectivity index (χ0v) is 16.8. The molecule has 7 nitrogen and oxygen atoms in total. The maximum absolute atomic E-state index is 12.5. The Balaban J connectivity index is 1.87.